The van der Waals surface area contributed by atoms with Gasteiger partial charge in [-0.3, -0.25) is 10.1 Å². The van der Waals surface area contributed by atoms with Crippen molar-refractivity contribution in [2.45, 2.75) is 6.04 Å². The number of nitrogens with one attached hydrogen (secondary N) is 2. The maximum Gasteiger partial charge on any atom is 0.318 e. The van der Waals surface area contributed by atoms with Gasteiger partial charge < -0.3 is 20.5 Å². The lowest BCUT2D eigenvalue weighted by Gasteiger charge is -2.22. The summed E-state index contributed by atoms with van der Waals surface area (Å²) >= 11 is 0. The van der Waals surface area contributed by atoms with E-state index >= 15 is 0 Å². The summed E-state index contributed by atoms with van der Waals surface area (Å²) in [5.41, 5.74) is 6.42. The number of anilines is 1. The number of nitrogens with two attached hydrogens (primary N) is 1. The predicted octanol–water partition coefficient (Wildman–Crippen LogP) is 1.81. The van der Waals surface area contributed by atoms with Crippen molar-refractivity contribution in [1.82, 2.24) is 5.32 Å². The van der Waals surface area contributed by atoms with Gasteiger partial charge in [-0.25, -0.2) is 4.79 Å². The number of benzene rings is 2. The van der Waals surface area contributed by atoms with Crippen LogP contribution in [-0.2, 0) is 4.79 Å². The zero-order valence-corrected chi connectivity index (χ0v) is 12.8. The van der Waals surface area contributed by atoms with Crippen molar-refractivity contribution in [2.24, 2.45) is 5.73 Å². The van der Waals surface area contributed by atoms with Crippen LogP contribution in [0.15, 0.2) is 48.5 Å². The van der Waals surface area contributed by atoms with Crippen LogP contribution in [0, 0.1) is 0 Å². The van der Waals surface area contributed by atoms with E-state index in [0.717, 1.165) is 0 Å². The first-order valence-electron chi connectivity index (χ1n) is 7.45. The summed E-state index contributed by atoms with van der Waals surface area (Å²) in [6.07, 6.45) is 0. The minimum absolute atomic E-state index is 0.473. The monoisotopic (exact) mass is 327 g/mol. The summed E-state index contributed by atoms with van der Waals surface area (Å²) < 4.78 is 11.0. The zero-order chi connectivity index (χ0) is 16.9. The van der Waals surface area contributed by atoms with Crippen LogP contribution in [0.2, 0.25) is 0 Å². The van der Waals surface area contributed by atoms with Crippen LogP contribution in [-0.4, -0.2) is 25.2 Å². The van der Waals surface area contributed by atoms with E-state index in [-0.39, 0.29) is 0 Å². The van der Waals surface area contributed by atoms with Gasteiger partial charge in [-0.15, -0.1) is 0 Å². The van der Waals surface area contributed by atoms with E-state index in [1.807, 2.05) is 18.2 Å². The number of urea groups is 1. The van der Waals surface area contributed by atoms with Crippen molar-refractivity contribution in [3.8, 4) is 11.5 Å². The second-order valence-corrected chi connectivity index (χ2v) is 5.20. The highest BCUT2D eigenvalue weighted by Gasteiger charge is 2.22. The molecule has 4 N–H and O–H groups in total. The Morgan fingerprint density at radius 1 is 1.00 bits per heavy atom. The summed E-state index contributed by atoms with van der Waals surface area (Å²) in [6.45, 7) is 0.980. The van der Waals surface area contributed by atoms with Crippen molar-refractivity contribution in [2.75, 3.05) is 18.5 Å². The molecule has 2 aromatic carbocycles. The molecule has 0 saturated carbocycles. The van der Waals surface area contributed by atoms with Gasteiger partial charge in [0.2, 0.25) is 0 Å². The SMILES string of the molecule is NC(=O)NC(=O)[C@@H](Nc1ccc2c(c1)OCCO2)c1ccccc1. The van der Waals surface area contributed by atoms with Crippen LogP contribution >= 0.6 is 0 Å². The molecule has 0 saturated heterocycles. The van der Waals surface area contributed by atoms with Crippen LogP contribution in [0.25, 0.3) is 0 Å². The Bertz CT molecular complexity index is 749. The van der Waals surface area contributed by atoms with Gasteiger partial charge in [0.1, 0.15) is 19.3 Å². The van der Waals surface area contributed by atoms with Crippen LogP contribution in [0.1, 0.15) is 11.6 Å². The molecule has 3 amide bonds. The fraction of sp³-hybridized carbons (Fsp3) is 0.176. The summed E-state index contributed by atoms with van der Waals surface area (Å²) in [5.74, 6) is 0.724. The maximum atomic E-state index is 12.3. The fourth-order valence-corrected chi connectivity index (χ4v) is 2.44. The van der Waals surface area contributed by atoms with Gasteiger partial charge in [-0.05, 0) is 17.7 Å². The lowest BCUT2D eigenvalue weighted by Crippen LogP contribution is -2.40. The Morgan fingerprint density at radius 3 is 2.42 bits per heavy atom. The Morgan fingerprint density at radius 2 is 1.71 bits per heavy atom. The summed E-state index contributed by atoms with van der Waals surface area (Å²) in [5, 5.41) is 5.20. The molecule has 1 atom stereocenters. The largest absolute Gasteiger partial charge is 0.486 e. The Hall–Kier alpha value is -3.22. The van der Waals surface area contributed by atoms with Gasteiger partial charge in [0, 0.05) is 11.8 Å². The summed E-state index contributed by atoms with van der Waals surface area (Å²) in [6, 6.07) is 12.7. The fourth-order valence-electron chi connectivity index (χ4n) is 2.44. The minimum Gasteiger partial charge on any atom is -0.486 e. The minimum atomic E-state index is -0.898. The molecule has 24 heavy (non-hydrogen) atoms. The molecule has 0 spiro atoms. The predicted molar refractivity (Wildman–Crippen MR) is 88.0 cm³/mol. The number of hydrogen-bond donors (Lipinski definition) is 3. The molecule has 1 aliphatic rings. The van der Waals surface area contributed by atoms with E-state index < -0.39 is 18.0 Å². The van der Waals surface area contributed by atoms with Crippen molar-refractivity contribution >= 4 is 17.6 Å². The molecule has 0 radical (unpaired) electrons. The van der Waals surface area contributed by atoms with Gasteiger partial charge >= 0.3 is 6.03 Å². The van der Waals surface area contributed by atoms with Crippen molar-refractivity contribution in [3.05, 3.63) is 54.1 Å². The molecule has 1 heterocycles. The van der Waals surface area contributed by atoms with Crippen LogP contribution in [0.5, 0.6) is 11.5 Å². The van der Waals surface area contributed by atoms with E-state index in [2.05, 4.69) is 10.6 Å². The standard InChI is InChI=1S/C17H17N3O4/c18-17(22)20-16(21)15(11-4-2-1-3-5-11)19-12-6-7-13-14(10-12)24-9-8-23-13/h1-7,10,15,19H,8-9H2,(H3,18,20,21,22)/t15-/m0/s1. The average Bonchev–Trinajstić information content (AvgIpc) is 2.59. The lowest BCUT2D eigenvalue weighted by molar-refractivity contribution is -0.120. The van der Waals surface area contributed by atoms with E-state index in [1.165, 1.54) is 0 Å². The molecule has 2 aromatic rings. The highest BCUT2D eigenvalue weighted by Crippen LogP contribution is 2.33. The van der Waals surface area contributed by atoms with Crippen molar-refractivity contribution in [1.29, 1.82) is 0 Å². The van der Waals surface area contributed by atoms with Gasteiger partial charge in [0.05, 0.1) is 0 Å². The first kappa shape index (κ1) is 15.7. The number of rotatable bonds is 4. The van der Waals surface area contributed by atoms with E-state index in [9.17, 15) is 9.59 Å². The topological polar surface area (TPSA) is 103 Å². The molecule has 124 valence electrons. The van der Waals surface area contributed by atoms with Crippen molar-refractivity contribution < 1.29 is 19.1 Å². The molecule has 7 nitrogen and oxygen atoms in total. The number of fused-ring (bicyclic) bond motifs is 1. The summed E-state index contributed by atoms with van der Waals surface area (Å²) in [4.78, 5) is 23.3. The van der Waals surface area contributed by atoms with E-state index in [4.69, 9.17) is 15.2 Å². The number of carbonyl (C=O) groups is 2. The second-order valence-electron chi connectivity index (χ2n) is 5.20. The first-order chi connectivity index (χ1) is 11.6. The molecule has 3 rings (SSSR count). The Kier molecular flexibility index (Phi) is 4.51. The molecular formula is C17H17N3O4. The Labute approximate surface area is 138 Å². The van der Waals surface area contributed by atoms with E-state index in [1.54, 1.807) is 30.3 Å². The molecule has 0 aliphatic carbocycles. The quantitative estimate of drug-likeness (QED) is 0.795. The zero-order valence-electron chi connectivity index (χ0n) is 12.8. The smallest absolute Gasteiger partial charge is 0.318 e. The third-order valence-electron chi connectivity index (χ3n) is 3.49. The molecule has 0 aromatic heterocycles. The molecular weight excluding hydrogens is 310 g/mol. The third kappa shape index (κ3) is 3.57. The number of primary amides is 1. The third-order valence-corrected chi connectivity index (χ3v) is 3.49. The molecule has 0 bridgehead atoms. The van der Waals surface area contributed by atoms with Gasteiger partial charge in [-0.1, -0.05) is 30.3 Å². The molecule has 0 unspecified atom stereocenters. The second kappa shape index (κ2) is 6.91. The highest BCUT2D eigenvalue weighted by molar-refractivity contribution is 5.98. The van der Waals surface area contributed by atoms with Crippen molar-refractivity contribution in [3.63, 3.8) is 0 Å². The number of hydrogen-bond acceptors (Lipinski definition) is 5. The number of imide groups is 1. The molecule has 7 heteroatoms. The number of amides is 3. The first-order valence-corrected chi connectivity index (χ1v) is 7.45. The number of carbonyl (C=O) groups excluding carboxylic acids is 2. The molecule has 0 fully saturated rings. The van der Waals surface area contributed by atoms with Crippen LogP contribution in [0.4, 0.5) is 10.5 Å². The van der Waals surface area contributed by atoms with Crippen LogP contribution in [0.3, 0.4) is 0 Å². The van der Waals surface area contributed by atoms with Gasteiger partial charge in [-0.2, -0.15) is 0 Å². The highest BCUT2D eigenvalue weighted by atomic mass is 16.6. The average molecular weight is 327 g/mol. The lowest BCUT2D eigenvalue weighted by atomic mass is 10.1. The molecule has 1 aliphatic heterocycles. The van der Waals surface area contributed by atoms with Gasteiger partial charge in [0.15, 0.2) is 11.5 Å². The van der Waals surface area contributed by atoms with Gasteiger partial charge in [0.25, 0.3) is 5.91 Å². The number of ether oxygens (including phenoxy) is 2. The Balaban J connectivity index is 1.86. The van der Waals surface area contributed by atoms with E-state index in [0.29, 0.717) is 36.0 Å². The summed E-state index contributed by atoms with van der Waals surface area (Å²) in [7, 11) is 0. The normalized spacial score (nSPS) is 13.7. The maximum absolute atomic E-state index is 12.3. The van der Waals surface area contributed by atoms with Crippen LogP contribution < -0.4 is 25.8 Å².